The summed E-state index contributed by atoms with van der Waals surface area (Å²) in [5, 5.41) is 3.77. The number of hydrogen-bond acceptors (Lipinski definition) is 5. The molecule has 6 nitrogen and oxygen atoms in total. The molecule has 0 saturated carbocycles. The van der Waals surface area contributed by atoms with Crippen molar-refractivity contribution in [2.24, 2.45) is 0 Å². The van der Waals surface area contributed by atoms with Gasteiger partial charge in [0, 0.05) is 29.0 Å². The molecule has 1 amide bonds. The van der Waals surface area contributed by atoms with Crippen LogP contribution in [0.25, 0.3) is 22.5 Å². The number of hydrogen-bond donors (Lipinski definition) is 2. The van der Waals surface area contributed by atoms with Gasteiger partial charge in [-0.25, -0.2) is 4.98 Å². The van der Waals surface area contributed by atoms with E-state index in [9.17, 15) is 4.79 Å². The molecule has 0 bridgehead atoms. The van der Waals surface area contributed by atoms with Crippen LogP contribution in [0.1, 0.15) is 17.5 Å². The summed E-state index contributed by atoms with van der Waals surface area (Å²) in [5.74, 6) is 2.18. The van der Waals surface area contributed by atoms with E-state index in [2.05, 4.69) is 16.4 Å². The Kier molecular flexibility index (Phi) is 7.77. The summed E-state index contributed by atoms with van der Waals surface area (Å²) in [6.07, 6.45) is 0.383. The Morgan fingerprint density at radius 1 is 0.914 bits per heavy atom. The number of thioether (sulfide) groups is 1. The number of nitrogens with one attached hydrogen (secondary N) is 2. The molecule has 7 heteroatoms. The van der Waals surface area contributed by atoms with E-state index in [-0.39, 0.29) is 5.91 Å². The van der Waals surface area contributed by atoms with Crippen molar-refractivity contribution in [2.75, 3.05) is 25.3 Å². The molecule has 3 aromatic carbocycles. The molecule has 180 valence electrons. The fraction of sp³-hybridized carbons (Fsp3) is 0.214. The topological polar surface area (TPSA) is 76.2 Å². The van der Waals surface area contributed by atoms with Gasteiger partial charge in [0.2, 0.25) is 5.91 Å². The van der Waals surface area contributed by atoms with Gasteiger partial charge >= 0.3 is 0 Å². The Balaban J connectivity index is 1.50. The number of ether oxygens (including phenoxy) is 2. The molecule has 0 aliphatic rings. The molecule has 0 atom stereocenters. The molecular formula is C28H29N3O3S. The van der Waals surface area contributed by atoms with Crippen LogP contribution in [0.4, 0.5) is 5.69 Å². The minimum atomic E-state index is -0.0123. The first-order valence-corrected chi connectivity index (χ1v) is 12.3. The zero-order valence-corrected chi connectivity index (χ0v) is 21.2. The number of carbonyl (C=O) groups excluding carboxylic acids is 1. The van der Waals surface area contributed by atoms with E-state index in [1.54, 1.807) is 14.2 Å². The molecule has 35 heavy (non-hydrogen) atoms. The molecule has 0 aliphatic carbocycles. The summed E-state index contributed by atoms with van der Waals surface area (Å²) < 4.78 is 10.6. The van der Waals surface area contributed by atoms with Crippen molar-refractivity contribution in [2.45, 2.75) is 25.4 Å². The number of amides is 1. The molecule has 0 aliphatic heterocycles. The number of rotatable bonds is 9. The van der Waals surface area contributed by atoms with Crippen molar-refractivity contribution in [3.8, 4) is 34.0 Å². The largest absolute Gasteiger partial charge is 0.497 e. The first-order valence-electron chi connectivity index (χ1n) is 11.4. The van der Waals surface area contributed by atoms with Crippen molar-refractivity contribution in [3.05, 3.63) is 77.9 Å². The normalized spacial score (nSPS) is 10.7. The Bertz CT molecular complexity index is 1230. The summed E-state index contributed by atoms with van der Waals surface area (Å²) in [5.41, 5.74) is 6.84. The predicted molar refractivity (Wildman–Crippen MR) is 142 cm³/mol. The van der Waals surface area contributed by atoms with Crippen LogP contribution in [0.15, 0.2) is 71.9 Å². The van der Waals surface area contributed by atoms with E-state index in [0.29, 0.717) is 12.2 Å². The van der Waals surface area contributed by atoms with Gasteiger partial charge in [-0.3, -0.25) is 4.79 Å². The Hall–Kier alpha value is -3.71. The molecule has 0 spiro atoms. The molecule has 2 N–H and O–H groups in total. The van der Waals surface area contributed by atoms with Gasteiger partial charge in [-0.05, 0) is 74.0 Å². The highest BCUT2D eigenvalue weighted by Crippen LogP contribution is 2.34. The Morgan fingerprint density at radius 2 is 1.54 bits per heavy atom. The van der Waals surface area contributed by atoms with Crippen LogP contribution >= 0.6 is 11.8 Å². The highest BCUT2D eigenvalue weighted by molar-refractivity contribution is 7.99. The minimum Gasteiger partial charge on any atom is -0.497 e. The van der Waals surface area contributed by atoms with Gasteiger partial charge in [0.15, 0.2) is 5.16 Å². The van der Waals surface area contributed by atoms with Crippen LogP contribution in [-0.4, -0.2) is 35.8 Å². The average Bonchev–Trinajstić information content (AvgIpc) is 3.30. The van der Waals surface area contributed by atoms with E-state index in [1.165, 1.54) is 17.3 Å². The fourth-order valence-electron chi connectivity index (χ4n) is 3.75. The number of aryl methyl sites for hydroxylation is 2. The summed E-state index contributed by atoms with van der Waals surface area (Å²) in [7, 11) is 3.30. The number of benzene rings is 3. The quantitative estimate of drug-likeness (QED) is 0.264. The lowest BCUT2D eigenvalue weighted by Gasteiger charge is -2.08. The first-order chi connectivity index (χ1) is 17.0. The SMILES string of the molecule is COc1ccc(-c2nc(SCCC(=O)Nc3ccc(C)cc3C)[nH]c2-c2ccc(OC)cc2)cc1. The number of nitrogens with zero attached hydrogens (tertiary/aromatic N) is 1. The van der Waals surface area contributed by atoms with Crippen LogP contribution in [0.5, 0.6) is 11.5 Å². The van der Waals surface area contributed by atoms with Gasteiger partial charge in [0.1, 0.15) is 11.5 Å². The highest BCUT2D eigenvalue weighted by atomic mass is 32.2. The van der Waals surface area contributed by atoms with Gasteiger partial charge < -0.3 is 19.8 Å². The van der Waals surface area contributed by atoms with Gasteiger partial charge in [0.05, 0.1) is 25.6 Å². The minimum absolute atomic E-state index is 0.0123. The number of methoxy groups -OCH3 is 2. The molecule has 0 radical (unpaired) electrons. The van der Waals surface area contributed by atoms with Crippen molar-refractivity contribution >= 4 is 23.4 Å². The third-order valence-electron chi connectivity index (χ3n) is 5.65. The number of anilines is 1. The summed E-state index contributed by atoms with van der Waals surface area (Å²) >= 11 is 1.53. The van der Waals surface area contributed by atoms with Crippen LogP contribution in [0.3, 0.4) is 0 Å². The highest BCUT2D eigenvalue weighted by Gasteiger charge is 2.16. The average molecular weight is 488 g/mol. The summed E-state index contributed by atoms with van der Waals surface area (Å²) in [4.78, 5) is 20.8. The van der Waals surface area contributed by atoms with Crippen LogP contribution in [0.2, 0.25) is 0 Å². The van der Waals surface area contributed by atoms with Gasteiger partial charge in [-0.2, -0.15) is 0 Å². The zero-order valence-electron chi connectivity index (χ0n) is 20.3. The number of H-pyrrole nitrogens is 1. The maximum Gasteiger partial charge on any atom is 0.225 e. The van der Waals surface area contributed by atoms with E-state index in [0.717, 1.165) is 50.4 Å². The third kappa shape index (κ3) is 6.05. The lowest BCUT2D eigenvalue weighted by Crippen LogP contribution is -2.13. The number of carbonyl (C=O) groups is 1. The van der Waals surface area contributed by atoms with Crippen molar-refractivity contribution < 1.29 is 14.3 Å². The van der Waals surface area contributed by atoms with Crippen molar-refractivity contribution in [1.82, 2.24) is 9.97 Å². The fourth-order valence-corrected chi connectivity index (χ4v) is 4.56. The van der Waals surface area contributed by atoms with Gasteiger partial charge in [-0.1, -0.05) is 29.5 Å². The second-order valence-corrected chi connectivity index (χ2v) is 9.27. The molecule has 1 heterocycles. The summed E-state index contributed by atoms with van der Waals surface area (Å²) in [6.45, 7) is 4.04. The van der Waals surface area contributed by atoms with Crippen LogP contribution < -0.4 is 14.8 Å². The molecule has 0 fully saturated rings. The maximum absolute atomic E-state index is 12.5. The molecule has 0 unspecified atom stereocenters. The second kappa shape index (κ2) is 11.1. The number of imidazole rings is 1. The molecule has 4 rings (SSSR count). The van der Waals surface area contributed by atoms with Gasteiger partial charge in [-0.15, -0.1) is 0 Å². The van der Waals surface area contributed by atoms with E-state index in [1.807, 2.05) is 74.5 Å². The van der Waals surface area contributed by atoms with Crippen molar-refractivity contribution in [1.29, 1.82) is 0 Å². The lowest BCUT2D eigenvalue weighted by molar-refractivity contribution is -0.115. The summed E-state index contributed by atoms with van der Waals surface area (Å²) in [6, 6.07) is 21.7. The standard InChI is InChI=1S/C28H29N3O3S/c1-18-5-14-24(19(2)17-18)29-25(32)15-16-35-28-30-26(20-6-10-22(33-3)11-7-20)27(31-28)21-8-12-23(34-4)13-9-21/h5-14,17H,15-16H2,1-4H3,(H,29,32)(H,30,31). The zero-order chi connectivity index (χ0) is 24.8. The Morgan fingerprint density at radius 3 is 2.14 bits per heavy atom. The van der Waals surface area contributed by atoms with Crippen LogP contribution in [-0.2, 0) is 4.79 Å². The molecule has 0 saturated heterocycles. The Labute approximate surface area is 210 Å². The van der Waals surface area contributed by atoms with E-state index in [4.69, 9.17) is 14.5 Å². The van der Waals surface area contributed by atoms with E-state index >= 15 is 0 Å². The second-order valence-electron chi connectivity index (χ2n) is 8.19. The van der Waals surface area contributed by atoms with Crippen LogP contribution in [0, 0.1) is 13.8 Å². The molecular weight excluding hydrogens is 458 g/mol. The van der Waals surface area contributed by atoms with Crippen molar-refractivity contribution in [3.63, 3.8) is 0 Å². The molecule has 4 aromatic rings. The van der Waals surface area contributed by atoms with E-state index < -0.39 is 0 Å². The first kappa shape index (κ1) is 24.4. The number of aromatic nitrogens is 2. The maximum atomic E-state index is 12.5. The van der Waals surface area contributed by atoms with Gasteiger partial charge in [0.25, 0.3) is 0 Å². The monoisotopic (exact) mass is 487 g/mol. The lowest BCUT2D eigenvalue weighted by atomic mass is 10.0. The molecule has 1 aromatic heterocycles. The predicted octanol–water partition coefficient (Wildman–Crippen LogP) is 6.50. The third-order valence-corrected chi connectivity index (χ3v) is 6.52. The smallest absolute Gasteiger partial charge is 0.225 e. The number of aromatic amines is 1.